The topological polar surface area (TPSA) is 29.3 Å². The van der Waals surface area contributed by atoms with Gasteiger partial charge in [-0.3, -0.25) is 4.90 Å². The van der Waals surface area contributed by atoms with Crippen molar-refractivity contribution in [1.29, 1.82) is 0 Å². The summed E-state index contributed by atoms with van der Waals surface area (Å²) in [7, 11) is 0. The Kier molecular flexibility index (Phi) is 4.32. The Morgan fingerprint density at radius 1 is 1.16 bits per heavy atom. The third-order valence-corrected chi connectivity index (χ3v) is 4.42. The van der Waals surface area contributed by atoms with Gasteiger partial charge in [-0.25, -0.2) is 0 Å². The monoisotopic (exact) mass is 260 g/mol. The molecule has 3 atom stereocenters. The summed E-state index contributed by atoms with van der Waals surface area (Å²) in [6.45, 7) is 13.5. The first-order valence-corrected chi connectivity index (χ1v) is 7.46. The van der Waals surface area contributed by atoms with Gasteiger partial charge in [0.15, 0.2) is 0 Å². The van der Waals surface area contributed by atoms with Crippen LogP contribution in [0.1, 0.15) is 48.6 Å². The van der Waals surface area contributed by atoms with Crippen LogP contribution in [0.4, 0.5) is 0 Å². The van der Waals surface area contributed by atoms with Crippen LogP contribution in [0.3, 0.4) is 0 Å². The van der Waals surface area contributed by atoms with Crippen molar-refractivity contribution in [3.8, 4) is 0 Å². The Morgan fingerprint density at radius 2 is 1.74 bits per heavy atom. The molecule has 1 saturated heterocycles. The molecular formula is C17H28N2. The largest absolute Gasteiger partial charge is 0.327 e. The quantitative estimate of drug-likeness (QED) is 0.883. The molecule has 0 bridgehead atoms. The fourth-order valence-corrected chi connectivity index (χ4v) is 3.79. The second kappa shape index (κ2) is 5.64. The molecule has 0 amide bonds. The zero-order valence-corrected chi connectivity index (χ0v) is 13.0. The van der Waals surface area contributed by atoms with Crippen molar-refractivity contribution in [3.63, 3.8) is 0 Å². The molecule has 1 aliphatic heterocycles. The first-order valence-electron chi connectivity index (χ1n) is 7.46. The van der Waals surface area contributed by atoms with E-state index in [1.807, 2.05) is 0 Å². The number of likely N-dealkylation sites (tertiary alicyclic amines) is 1. The van der Waals surface area contributed by atoms with Crippen molar-refractivity contribution in [3.05, 3.63) is 34.4 Å². The first kappa shape index (κ1) is 14.5. The van der Waals surface area contributed by atoms with Crippen LogP contribution in [0.2, 0.25) is 0 Å². The van der Waals surface area contributed by atoms with Gasteiger partial charge in [-0.2, -0.15) is 0 Å². The molecule has 106 valence electrons. The van der Waals surface area contributed by atoms with E-state index >= 15 is 0 Å². The standard InChI is InChI=1S/C17H28N2/c1-11-6-13(3)17(14(4)7-11)15(5)19-9-12(2)8-16(18)10-19/h6-7,12,15-16H,8-10,18H2,1-5H3. The van der Waals surface area contributed by atoms with E-state index in [4.69, 9.17) is 5.73 Å². The van der Waals surface area contributed by atoms with Crippen LogP contribution in [0.5, 0.6) is 0 Å². The molecule has 0 radical (unpaired) electrons. The van der Waals surface area contributed by atoms with Gasteiger partial charge in [0.2, 0.25) is 0 Å². The van der Waals surface area contributed by atoms with Crippen molar-refractivity contribution in [1.82, 2.24) is 4.90 Å². The third-order valence-electron chi connectivity index (χ3n) is 4.42. The van der Waals surface area contributed by atoms with Gasteiger partial charge in [0.1, 0.15) is 0 Å². The van der Waals surface area contributed by atoms with E-state index in [9.17, 15) is 0 Å². The first-order chi connectivity index (χ1) is 8.88. The van der Waals surface area contributed by atoms with E-state index in [1.165, 1.54) is 28.8 Å². The van der Waals surface area contributed by atoms with Gasteiger partial charge in [0.05, 0.1) is 0 Å². The summed E-state index contributed by atoms with van der Waals surface area (Å²) in [6, 6.07) is 5.39. The summed E-state index contributed by atoms with van der Waals surface area (Å²) >= 11 is 0. The molecule has 1 aliphatic rings. The molecule has 19 heavy (non-hydrogen) atoms. The second-order valence-corrected chi connectivity index (χ2v) is 6.54. The summed E-state index contributed by atoms with van der Waals surface area (Å²) in [5, 5.41) is 0. The van der Waals surface area contributed by atoms with E-state index in [-0.39, 0.29) is 0 Å². The number of hydrogen-bond acceptors (Lipinski definition) is 2. The Balaban J connectivity index is 2.26. The molecule has 2 nitrogen and oxygen atoms in total. The van der Waals surface area contributed by atoms with E-state index < -0.39 is 0 Å². The molecule has 0 spiro atoms. The maximum absolute atomic E-state index is 6.19. The lowest BCUT2D eigenvalue weighted by molar-refractivity contribution is 0.123. The minimum absolute atomic E-state index is 0.331. The average molecular weight is 260 g/mol. The average Bonchev–Trinajstić information content (AvgIpc) is 2.25. The molecule has 1 fully saturated rings. The van der Waals surface area contributed by atoms with Crippen LogP contribution < -0.4 is 5.73 Å². The van der Waals surface area contributed by atoms with Gasteiger partial charge in [-0.1, -0.05) is 24.6 Å². The number of nitrogens with zero attached hydrogens (tertiary/aromatic N) is 1. The lowest BCUT2D eigenvalue weighted by Crippen LogP contribution is -2.47. The van der Waals surface area contributed by atoms with Gasteiger partial charge < -0.3 is 5.73 Å². The third kappa shape index (κ3) is 3.18. The summed E-state index contributed by atoms with van der Waals surface area (Å²) in [4.78, 5) is 2.56. The highest BCUT2D eigenvalue weighted by atomic mass is 15.2. The zero-order valence-electron chi connectivity index (χ0n) is 13.0. The minimum Gasteiger partial charge on any atom is -0.327 e. The highest BCUT2D eigenvalue weighted by Gasteiger charge is 2.27. The fourth-order valence-electron chi connectivity index (χ4n) is 3.79. The van der Waals surface area contributed by atoms with Crippen LogP contribution in [-0.2, 0) is 0 Å². The molecule has 1 heterocycles. The maximum Gasteiger partial charge on any atom is 0.0325 e. The molecule has 2 N–H and O–H groups in total. The molecule has 0 aromatic heterocycles. The SMILES string of the molecule is Cc1cc(C)c(C(C)N2CC(C)CC(N)C2)c(C)c1. The lowest BCUT2D eigenvalue weighted by atomic mass is 9.90. The summed E-state index contributed by atoms with van der Waals surface area (Å²) in [5.41, 5.74) is 11.9. The molecule has 2 rings (SSSR count). The predicted octanol–water partition coefficient (Wildman–Crippen LogP) is 3.34. The van der Waals surface area contributed by atoms with Crippen LogP contribution >= 0.6 is 0 Å². The molecule has 0 saturated carbocycles. The predicted molar refractivity (Wildman–Crippen MR) is 82.4 cm³/mol. The molecule has 1 aromatic rings. The number of hydrogen-bond donors (Lipinski definition) is 1. The number of rotatable bonds is 2. The highest BCUT2D eigenvalue weighted by molar-refractivity contribution is 5.39. The summed E-state index contributed by atoms with van der Waals surface area (Å²) in [6.07, 6.45) is 1.16. The number of piperidine rings is 1. The van der Waals surface area contributed by atoms with Crippen molar-refractivity contribution >= 4 is 0 Å². The Bertz CT molecular complexity index is 420. The molecular weight excluding hydrogens is 232 g/mol. The van der Waals surface area contributed by atoms with Gasteiger partial charge in [-0.15, -0.1) is 0 Å². The van der Waals surface area contributed by atoms with Crippen LogP contribution in [0, 0.1) is 26.7 Å². The number of aryl methyl sites for hydroxylation is 3. The van der Waals surface area contributed by atoms with Crippen molar-refractivity contribution < 1.29 is 0 Å². The fraction of sp³-hybridized carbons (Fsp3) is 0.647. The maximum atomic E-state index is 6.19. The second-order valence-electron chi connectivity index (χ2n) is 6.54. The Morgan fingerprint density at radius 3 is 2.26 bits per heavy atom. The van der Waals surface area contributed by atoms with Gasteiger partial charge in [0, 0.05) is 25.2 Å². The molecule has 0 aliphatic carbocycles. The minimum atomic E-state index is 0.331. The number of benzene rings is 1. The van der Waals surface area contributed by atoms with Crippen molar-refractivity contribution in [2.75, 3.05) is 13.1 Å². The molecule has 3 unspecified atom stereocenters. The molecule has 1 aromatic carbocycles. The van der Waals surface area contributed by atoms with E-state index in [2.05, 4.69) is 51.7 Å². The van der Waals surface area contributed by atoms with Crippen LogP contribution in [0.15, 0.2) is 12.1 Å². The summed E-state index contributed by atoms with van der Waals surface area (Å²) in [5.74, 6) is 0.706. The zero-order chi connectivity index (χ0) is 14.2. The molecule has 2 heteroatoms. The summed E-state index contributed by atoms with van der Waals surface area (Å²) < 4.78 is 0. The number of nitrogens with two attached hydrogens (primary N) is 1. The van der Waals surface area contributed by atoms with Crippen molar-refractivity contribution in [2.24, 2.45) is 11.7 Å². The van der Waals surface area contributed by atoms with Gasteiger partial charge in [0.25, 0.3) is 0 Å². The smallest absolute Gasteiger partial charge is 0.0325 e. The van der Waals surface area contributed by atoms with Crippen LogP contribution in [-0.4, -0.2) is 24.0 Å². The van der Waals surface area contributed by atoms with E-state index in [0.717, 1.165) is 13.0 Å². The van der Waals surface area contributed by atoms with Gasteiger partial charge in [-0.05, 0) is 56.7 Å². The van der Waals surface area contributed by atoms with Gasteiger partial charge >= 0.3 is 0 Å². The van der Waals surface area contributed by atoms with E-state index in [1.54, 1.807) is 0 Å². The Labute approximate surface area is 118 Å². The van der Waals surface area contributed by atoms with Crippen molar-refractivity contribution in [2.45, 2.75) is 53.1 Å². The normalized spacial score (nSPS) is 26.4. The highest BCUT2D eigenvalue weighted by Crippen LogP contribution is 2.30. The van der Waals surface area contributed by atoms with E-state index in [0.29, 0.717) is 18.0 Å². The Hall–Kier alpha value is -0.860. The lowest BCUT2D eigenvalue weighted by Gasteiger charge is -2.39. The van der Waals surface area contributed by atoms with Crippen LogP contribution in [0.25, 0.3) is 0 Å².